The number of aliphatic hydroxyl groups excluding tert-OH is 1. The Labute approximate surface area is 132 Å². The van der Waals surface area contributed by atoms with Crippen molar-refractivity contribution < 1.29 is 24.1 Å². The van der Waals surface area contributed by atoms with E-state index in [0.29, 0.717) is 18.9 Å². The van der Waals surface area contributed by atoms with Gasteiger partial charge in [-0.1, -0.05) is 26.5 Å². The number of esters is 1. The Morgan fingerprint density at radius 1 is 1.55 bits per heavy atom. The first-order valence-corrected chi connectivity index (χ1v) is 7.94. The zero-order chi connectivity index (χ0) is 16.5. The molecule has 0 bridgehead atoms. The number of carbonyl (C=O) groups is 1. The van der Waals surface area contributed by atoms with Crippen molar-refractivity contribution in [3.05, 3.63) is 24.5 Å². The van der Waals surface area contributed by atoms with Crippen LogP contribution in [0.1, 0.15) is 33.6 Å². The van der Waals surface area contributed by atoms with E-state index in [0.717, 1.165) is 6.42 Å². The third kappa shape index (κ3) is 5.14. The van der Waals surface area contributed by atoms with E-state index in [1.54, 1.807) is 0 Å². The molecule has 5 nitrogen and oxygen atoms in total. The van der Waals surface area contributed by atoms with E-state index in [1.807, 2.05) is 13.0 Å². The Morgan fingerprint density at radius 3 is 2.82 bits per heavy atom. The molecule has 22 heavy (non-hydrogen) atoms. The average molecular weight is 312 g/mol. The molecular formula is C17H28O5. The first-order valence-electron chi connectivity index (χ1n) is 7.94. The van der Waals surface area contributed by atoms with Gasteiger partial charge < -0.3 is 19.3 Å². The van der Waals surface area contributed by atoms with Crippen LogP contribution in [0.25, 0.3) is 0 Å². The Hall–Kier alpha value is -1.33. The Morgan fingerprint density at radius 2 is 2.27 bits per heavy atom. The van der Waals surface area contributed by atoms with Gasteiger partial charge in [-0.15, -0.1) is 0 Å². The molecule has 0 radical (unpaired) electrons. The Kier molecular flexibility index (Phi) is 8.20. The topological polar surface area (TPSA) is 65.0 Å². The minimum absolute atomic E-state index is 0.114. The highest BCUT2D eigenvalue weighted by atomic mass is 16.7. The molecule has 0 aliphatic carbocycles. The minimum atomic E-state index is -0.490. The summed E-state index contributed by atoms with van der Waals surface area (Å²) >= 11 is 0. The van der Waals surface area contributed by atoms with Crippen molar-refractivity contribution in [2.45, 2.75) is 39.9 Å². The average Bonchev–Trinajstić information content (AvgIpc) is 2.50. The van der Waals surface area contributed by atoms with Gasteiger partial charge in [0, 0.05) is 19.1 Å². The van der Waals surface area contributed by atoms with Gasteiger partial charge in [0.25, 0.3) is 0 Å². The molecule has 0 saturated carbocycles. The molecule has 1 aliphatic heterocycles. The maximum absolute atomic E-state index is 12.0. The molecular weight excluding hydrogens is 284 g/mol. The van der Waals surface area contributed by atoms with Crippen LogP contribution in [-0.4, -0.2) is 37.2 Å². The molecule has 0 unspecified atom stereocenters. The lowest BCUT2D eigenvalue weighted by Gasteiger charge is -2.38. The summed E-state index contributed by atoms with van der Waals surface area (Å²) in [5.41, 5.74) is 0. The third-order valence-electron chi connectivity index (χ3n) is 3.76. The lowest BCUT2D eigenvalue weighted by molar-refractivity contribution is -0.182. The van der Waals surface area contributed by atoms with Crippen molar-refractivity contribution in [3.63, 3.8) is 0 Å². The Balaban J connectivity index is 2.95. The van der Waals surface area contributed by atoms with Crippen LogP contribution in [-0.2, 0) is 19.0 Å². The molecule has 0 aromatic rings. The van der Waals surface area contributed by atoms with Crippen LogP contribution >= 0.6 is 0 Å². The largest absolute Gasteiger partial charge is 0.457 e. The van der Waals surface area contributed by atoms with Crippen LogP contribution in [0.2, 0.25) is 0 Å². The van der Waals surface area contributed by atoms with Crippen LogP contribution in [0.15, 0.2) is 24.5 Å². The van der Waals surface area contributed by atoms with Gasteiger partial charge in [0.2, 0.25) is 12.0 Å². The van der Waals surface area contributed by atoms with Gasteiger partial charge in [0.15, 0.2) is 0 Å². The molecule has 3 atom stereocenters. The molecule has 0 spiro atoms. The van der Waals surface area contributed by atoms with Gasteiger partial charge in [-0.3, -0.25) is 0 Å². The molecule has 1 N–H and O–H groups in total. The zero-order valence-electron chi connectivity index (χ0n) is 13.8. The highest BCUT2D eigenvalue weighted by Gasteiger charge is 2.38. The number of ether oxygens (including phenoxy) is 3. The van der Waals surface area contributed by atoms with Gasteiger partial charge >= 0.3 is 5.97 Å². The minimum Gasteiger partial charge on any atom is -0.457 e. The van der Waals surface area contributed by atoms with Crippen LogP contribution in [0.4, 0.5) is 0 Å². The van der Waals surface area contributed by atoms with Crippen molar-refractivity contribution in [3.8, 4) is 0 Å². The number of allylic oxidation sites excluding steroid dienone is 1. The summed E-state index contributed by atoms with van der Waals surface area (Å²) in [5, 5.41) is 9.09. The van der Waals surface area contributed by atoms with Crippen molar-refractivity contribution in [2.75, 3.05) is 19.8 Å². The molecule has 5 heteroatoms. The van der Waals surface area contributed by atoms with Gasteiger partial charge in [0.1, 0.15) is 6.61 Å². The molecule has 1 aliphatic rings. The summed E-state index contributed by atoms with van der Waals surface area (Å²) in [5.74, 6) is 0.305. The first kappa shape index (κ1) is 18.7. The summed E-state index contributed by atoms with van der Waals surface area (Å²) in [6.45, 7) is 10.4. The molecule has 0 aromatic heterocycles. The summed E-state index contributed by atoms with van der Waals surface area (Å²) in [6.07, 6.45) is 4.35. The second kappa shape index (κ2) is 9.64. The predicted octanol–water partition coefficient (Wildman–Crippen LogP) is 2.65. The normalized spacial score (nSPS) is 24.6. The highest BCUT2D eigenvalue weighted by molar-refractivity contribution is 5.86. The van der Waals surface area contributed by atoms with Crippen LogP contribution in [0.5, 0.6) is 0 Å². The fourth-order valence-corrected chi connectivity index (χ4v) is 2.72. The number of rotatable bonds is 9. The van der Waals surface area contributed by atoms with Crippen LogP contribution in [0.3, 0.4) is 0 Å². The van der Waals surface area contributed by atoms with E-state index in [2.05, 4.69) is 20.4 Å². The molecule has 126 valence electrons. The maximum Gasteiger partial charge on any atom is 0.373 e. The number of hydrogen-bond acceptors (Lipinski definition) is 5. The molecule has 1 heterocycles. The van der Waals surface area contributed by atoms with E-state index < -0.39 is 12.3 Å². The lowest BCUT2D eigenvalue weighted by atomic mass is 9.78. The highest BCUT2D eigenvalue weighted by Crippen LogP contribution is 2.37. The number of aliphatic hydroxyl groups is 1. The summed E-state index contributed by atoms with van der Waals surface area (Å²) < 4.78 is 16.5. The Bertz CT molecular complexity index is 389. The monoisotopic (exact) mass is 312 g/mol. The van der Waals surface area contributed by atoms with Crippen molar-refractivity contribution in [1.29, 1.82) is 0 Å². The number of carbonyl (C=O) groups excluding carboxylic acids is 1. The second-order valence-electron chi connectivity index (χ2n) is 5.71. The van der Waals surface area contributed by atoms with Gasteiger partial charge in [0.05, 0.1) is 0 Å². The van der Waals surface area contributed by atoms with Gasteiger partial charge in [-0.05, 0) is 37.7 Å². The van der Waals surface area contributed by atoms with E-state index in [4.69, 9.17) is 19.3 Å². The molecule has 0 aromatic carbocycles. The SMILES string of the molecule is C=CCOC(=O)C1=C[C@H](C(C)C)[C@@H](CCCO)[C@H](OCC)O1. The van der Waals surface area contributed by atoms with E-state index in [1.165, 1.54) is 6.08 Å². The molecule has 0 amide bonds. The predicted molar refractivity (Wildman–Crippen MR) is 83.9 cm³/mol. The van der Waals surface area contributed by atoms with E-state index >= 15 is 0 Å². The fraction of sp³-hybridized carbons (Fsp3) is 0.706. The number of hydrogen-bond donors (Lipinski definition) is 1. The van der Waals surface area contributed by atoms with Crippen LogP contribution in [0, 0.1) is 17.8 Å². The quantitative estimate of drug-likeness (QED) is 0.524. The lowest BCUT2D eigenvalue weighted by Crippen LogP contribution is -2.39. The van der Waals surface area contributed by atoms with Gasteiger partial charge in [-0.2, -0.15) is 0 Å². The summed E-state index contributed by atoms with van der Waals surface area (Å²) in [6, 6.07) is 0. The summed E-state index contributed by atoms with van der Waals surface area (Å²) in [7, 11) is 0. The first-order chi connectivity index (χ1) is 10.5. The zero-order valence-corrected chi connectivity index (χ0v) is 13.8. The standard InChI is InChI=1S/C17H28O5/c1-5-10-21-16(19)15-11-14(12(3)4)13(8-7-9-18)17(22-15)20-6-2/h5,11-14,17-18H,1,6-10H2,2-4H3/t13-,14-,17-/m1/s1. The maximum atomic E-state index is 12.0. The van der Waals surface area contributed by atoms with E-state index in [-0.39, 0.29) is 30.8 Å². The van der Waals surface area contributed by atoms with Crippen LogP contribution < -0.4 is 0 Å². The second-order valence-corrected chi connectivity index (χ2v) is 5.71. The van der Waals surface area contributed by atoms with Gasteiger partial charge in [-0.25, -0.2) is 4.79 Å². The third-order valence-corrected chi connectivity index (χ3v) is 3.76. The van der Waals surface area contributed by atoms with Crippen molar-refractivity contribution in [1.82, 2.24) is 0 Å². The molecule has 0 saturated heterocycles. The molecule has 0 fully saturated rings. The van der Waals surface area contributed by atoms with Crippen molar-refractivity contribution >= 4 is 5.97 Å². The van der Waals surface area contributed by atoms with Crippen molar-refractivity contribution in [2.24, 2.45) is 17.8 Å². The summed E-state index contributed by atoms with van der Waals surface area (Å²) in [4.78, 5) is 12.0. The van der Waals surface area contributed by atoms with E-state index in [9.17, 15) is 4.79 Å². The molecule has 1 rings (SSSR count). The fourth-order valence-electron chi connectivity index (χ4n) is 2.72. The smallest absolute Gasteiger partial charge is 0.373 e.